The average Bonchev–Trinajstić information content (AvgIpc) is 2.93. The first-order valence-electron chi connectivity index (χ1n) is 8.54. The summed E-state index contributed by atoms with van der Waals surface area (Å²) in [6.07, 6.45) is 1.25. The summed E-state index contributed by atoms with van der Waals surface area (Å²) in [5, 5.41) is 13.7. The fourth-order valence-electron chi connectivity index (χ4n) is 2.46. The Morgan fingerprint density at radius 3 is 2.37 bits per heavy atom. The van der Waals surface area contributed by atoms with Crippen LogP contribution in [0.3, 0.4) is 0 Å². The summed E-state index contributed by atoms with van der Waals surface area (Å²) < 4.78 is 27.9. The van der Waals surface area contributed by atoms with Gasteiger partial charge < -0.3 is 10.8 Å². The van der Waals surface area contributed by atoms with Crippen molar-refractivity contribution < 1.29 is 13.9 Å². The van der Waals surface area contributed by atoms with Crippen LogP contribution in [0.25, 0.3) is 11.0 Å². The minimum Gasteiger partial charge on any atom is -0.390 e. The van der Waals surface area contributed by atoms with Gasteiger partial charge in [-0.2, -0.15) is 10.1 Å². The SMILES string of the molecule is CC(F)(F)c1ccc(Cn2nc(CO)c3c(=O)[nH]c(N)nc32)cc1.CCC. The molecule has 0 unspecified atom stereocenters. The van der Waals surface area contributed by atoms with Gasteiger partial charge in [-0.1, -0.05) is 44.5 Å². The zero-order valence-electron chi connectivity index (χ0n) is 15.5. The van der Waals surface area contributed by atoms with E-state index in [1.54, 1.807) is 12.1 Å². The summed E-state index contributed by atoms with van der Waals surface area (Å²) in [7, 11) is 0. The summed E-state index contributed by atoms with van der Waals surface area (Å²) in [5.41, 5.74) is 6.06. The number of nitrogens with two attached hydrogens (primary N) is 1. The molecule has 0 aliphatic carbocycles. The van der Waals surface area contributed by atoms with Gasteiger partial charge in [0.05, 0.1) is 13.2 Å². The Morgan fingerprint density at radius 1 is 1.26 bits per heavy atom. The van der Waals surface area contributed by atoms with Crippen molar-refractivity contribution >= 4 is 17.0 Å². The van der Waals surface area contributed by atoms with Crippen LogP contribution in [-0.2, 0) is 19.1 Å². The lowest BCUT2D eigenvalue weighted by molar-refractivity contribution is 0.0174. The molecule has 0 atom stereocenters. The molecular formula is C18H23F2N5O2. The van der Waals surface area contributed by atoms with E-state index in [9.17, 15) is 18.7 Å². The Hall–Kier alpha value is -2.81. The number of halogens is 2. The Bertz CT molecular complexity index is 959. The van der Waals surface area contributed by atoms with E-state index in [0.717, 1.165) is 6.92 Å². The topological polar surface area (TPSA) is 110 Å². The molecule has 0 spiro atoms. The number of rotatable bonds is 4. The molecular weight excluding hydrogens is 356 g/mol. The lowest BCUT2D eigenvalue weighted by atomic mass is 10.1. The molecule has 4 N–H and O–H groups in total. The molecule has 0 saturated carbocycles. The molecule has 0 radical (unpaired) electrons. The number of aliphatic hydroxyl groups is 1. The Morgan fingerprint density at radius 2 is 1.85 bits per heavy atom. The van der Waals surface area contributed by atoms with Crippen LogP contribution in [0.2, 0.25) is 0 Å². The monoisotopic (exact) mass is 379 g/mol. The molecule has 146 valence electrons. The molecule has 0 fully saturated rings. The predicted molar refractivity (Wildman–Crippen MR) is 99.6 cm³/mol. The third-order valence-corrected chi connectivity index (χ3v) is 3.64. The first-order valence-corrected chi connectivity index (χ1v) is 8.54. The van der Waals surface area contributed by atoms with Crippen molar-refractivity contribution in [2.75, 3.05) is 5.73 Å². The van der Waals surface area contributed by atoms with Gasteiger partial charge in [-0.25, -0.2) is 13.5 Å². The van der Waals surface area contributed by atoms with Crippen LogP contribution in [0, 0.1) is 0 Å². The number of anilines is 1. The van der Waals surface area contributed by atoms with Crippen LogP contribution < -0.4 is 11.3 Å². The zero-order chi connectivity index (χ0) is 20.2. The highest BCUT2D eigenvalue weighted by molar-refractivity contribution is 5.78. The Kier molecular flexibility index (Phi) is 6.27. The number of aromatic nitrogens is 4. The maximum atomic E-state index is 13.3. The molecule has 3 aromatic rings. The molecule has 27 heavy (non-hydrogen) atoms. The van der Waals surface area contributed by atoms with E-state index in [1.807, 2.05) is 0 Å². The van der Waals surface area contributed by atoms with Crippen molar-refractivity contribution in [3.8, 4) is 0 Å². The number of H-pyrrole nitrogens is 1. The summed E-state index contributed by atoms with van der Waals surface area (Å²) in [4.78, 5) is 18.4. The van der Waals surface area contributed by atoms with E-state index in [4.69, 9.17) is 5.73 Å². The zero-order valence-corrected chi connectivity index (χ0v) is 15.5. The van der Waals surface area contributed by atoms with E-state index in [2.05, 4.69) is 28.9 Å². The smallest absolute Gasteiger partial charge is 0.270 e. The highest BCUT2D eigenvalue weighted by atomic mass is 19.3. The van der Waals surface area contributed by atoms with E-state index in [0.29, 0.717) is 5.56 Å². The number of benzene rings is 1. The van der Waals surface area contributed by atoms with Gasteiger partial charge in [0.2, 0.25) is 5.95 Å². The minimum atomic E-state index is -2.91. The average molecular weight is 379 g/mol. The lowest BCUT2D eigenvalue weighted by Crippen LogP contribution is -2.13. The Labute approximate surface area is 154 Å². The predicted octanol–water partition coefficient (Wildman–Crippen LogP) is 2.77. The van der Waals surface area contributed by atoms with Crippen molar-refractivity contribution in [2.45, 2.75) is 46.3 Å². The number of nitrogen functional groups attached to an aromatic ring is 1. The van der Waals surface area contributed by atoms with Gasteiger partial charge in [0.25, 0.3) is 11.5 Å². The molecule has 2 aromatic heterocycles. The second kappa shape index (κ2) is 8.26. The fraction of sp³-hybridized carbons (Fsp3) is 0.389. The number of aromatic amines is 1. The summed E-state index contributed by atoms with van der Waals surface area (Å²) in [5.74, 6) is -2.98. The molecule has 0 aliphatic heterocycles. The van der Waals surface area contributed by atoms with Gasteiger partial charge in [0.15, 0.2) is 5.65 Å². The first-order chi connectivity index (χ1) is 12.7. The second-order valence-corrected chi connectivity index (χ2v) is 6.20. The lowest BCUT2D eigenvalue weighted by Gasteiger charge is -2.11. The second-order valence-electron chi connectivity index (χ2n) is 6.20. The molecule has 1 aromatic carbocycles. The van der Waals surface area contributed by atoms with Crippen molar-refractivity contribution in [3.05, 3.63) is 51.4 Å². The summed E-state index contributed by atoms with van der Waals surface area (Å²) in [6.45, 7) is 4.84. The number of fused-ring (bicyclic) bond motifs is 1. The number of nitrogens with zero attached hydrogens (tertiary/aromatic N) is 3. The molecule has 0 aliphatic rings. The number of alkyl halides is 2. The van der Waals surface area contributed by atoms with Gasteiger partial charge in [0, 0.05) is 12.5 Å². The third kappa shape index (κ3) is 4.68. The molecule has 9 heteroatoms. The van der Waals surface area contributed by atoms with Gasteiger partial charge >= 0.3 is 0 Å². The first kappa shape index (κ1) is 20.5. The number of hydrogen-bond acceptors (Lipinski definition) is 5. The molecule has 0 saturated heterocycles. The highest BCUT2D eigenvalue weighted by Crippen LogP contribution is 2.27. The molecule has 0 bridgehead atoms. The van der Waals surface area contributed by atoms with E-state index >= 15 is 0 Å². The highest BCUT2D eigenvalue weighted by Gasteiger charge is 2.23. The van der Waals surface area contributed by atoms with Crippen LogP contribution in [0.4, 0.5) is 14.7 Å². The summed E-state index contributed by atoms with van der Waals surface area (Å²) >= 11 is 0. The molecule has 2 heterocycles. The van der Waals surface area contributed by atoms with Crippen LogP contribution >= 0.6 is 0 Å². The van der Waals surface area contributed by atoms with Gasteiger partial charge in [-0.3, -0.25) is 9.78 Å². The fourth-order valence-corrected chi connectivity index (χ4v) is 2.46. The quantitative estimate of drug-likeness (QED) is 0.646. The Balaban J connectivity index is 0.000000817. The maximum Gasteiger partial charge on any atom is 0.270 e. The van der Waals surface area contributed by atoms with E-state index in [-0.39, 0.29) is 34.8 Å². The van der Waals surface area contributed by atoms with Gasteiger partial charge in [0.1, 0.15) is 11.1 Å². The van der Waals surface area contributed by atoms with Gasteiger partial charge in [-0.05, 0) is 5.56 Å². The van der Waals surface area contributed by atoms with Crippen LogP contribution in [-0.4, -0.2) is 24.9 Å². The normalized spacial score (nSPS) is 11.3. The molecule has 0 amide bonds. The van der Waals surface area contributed by atoms with Crippen LogP contribution in [0.15, 0.2) is 29.1 Å². The number of hydrogen-bond donors (Lipinski definition) is 3. The van der Waals surface area contributed by atoms with Crippen molar-refractivity contribution in [2.24, 2.45) is 0 Å². The summed E-state index contributed by atoms with van der Waals surface area (Å²) in [6, 6.07) is 5.77. The minimum absolute atomic E-state index is 0.0703. The van der Waals surface area contributed by atoms with E-state index in [1.165, 1.54) is 23.2 Å². The molecule has 3 rings (SSSR count). The standard InChI is InChI=1S/C15H15F2N5O2.C3H8/c1-15(16,17)9-4-2-8(3-5-9)6-22-12-11(10(7-23)21-22)13(24)20-14(18)19-12;1-3-2/h2-5,23H,6-7H2,1H3,(H3,18,19,20,24);3H2,1-2H3. The van der Waals surface area contributed by atoms with Crippen LogP contribution in [0.5, 0.6) is 0 Å². The maximum absolute atomic E-state index is 13.3. The van der Waals surface area contributed by atoms with Gasteiger partial charge in [-0.15, -0.1) is 0 Å². The van der Waals surface area contributed by atoms with Crippen LogP contribution in [0.1, 0.15) is 44.0 Å². The number of aliphatic hydroxyl groups excluding tert-OH is 1. The van der Waals surface area contributed by atoms with Crippen molar-refractivity contribution in [3.63, 3.8) is 0 Å². The largest absolute Gasteiger partial charge is 0.390 e. The number of nitrogens with one attached hydrogen (secondary N) is 1. The third-order valence-electron chi connectivity index (χ3n) is 3.64. The van der Waals surface area contributed by atoms with Crippen molar-refractivity contribution in [1.29, 1.82) is 0 Å². The molecule has 7 nitrogen and oxygen atoms in total. The van der Waals surface area contributed by atoms with E-state index < -0.39 is 18.1 Å². The van der Waals surface area contributed by atoms with Crippen molar-refractivity contribution in [1.82, 2.24) is 19.7 Å².